The molecule has 0 aliphatic rings. The van der Waals surface area contributed by atoms with Gasteiger partial charge in [0.05, 0.1) is 0 Å². The maximum Gasteiger partial charge on any atom is 0.326 e. The van der Waals surface area contributed by atoms with Gasteiger partial charge in [-0.25, -0.2) is 4.79 Å². The van der Waals surface area contributed by atoms with Gasteiger partial charge in [0.15, 0.2) is 0 Å². The van der Waals surface area contributed by atoms with Crippen LogP contribution in [-0.2, 0) is 4.79 Å². The van der Waals surface area contributed by atoms with Crippen molar-refractivity contribution in [2.24, 2.45) is 0 Å². The van der Waals surface area contributed by atoms with E-state index in [9.17, 15) is 14.7 Å². The molecule has 0 heterocycles. The summed E-state index contributed by atoms with van der Waals surface area (Å²) in [6.07, 6.45) is 2.26. The Morgan fingerprint density at radius 1 is 1.04 bits per heavy atom. The van der Waals surface area contributed by atoms with Crippen LogP contribution in [0.4, 0.5) is 5.69 Å². The van der Waals surface area contributed by atoms with Crippen LogP contribution in [-0.4, -0.2) is 35.0 Å². The van der Waals surface area contributed by atoms with Crippen LogP contribution in [0, 0.1) is 23.7 Å². The van der Waals surface area contributed by atoms with Crippen molar-refractivity contribution in [1.82, 2.24) is 5.32 Å². The number of thioether (sulfide) groups is 1. The number of anilines is 1. The molecule has 0 saturated heterocycles. The third-order valence-electron chi connectivity index (χ3n) is 3.75. The zero-order valence-corrected chi connectivity index (χ0v) is 16.2. The van der Waals surface area contributed by atoms with Crippen molar-refractivity contribution in [3.05, 3.63) is 65.2 Å². The number of hydrogen-bond donors (Lipinski definition) is 3. The highest BCUT2D eigenvalue weighted by atomic mass is 32.2. The predicted molar refractivity (Wildman–Crippen MR) is 113 cm³/mol. The molecular formula is C22H20N2O3S. The number of rotatable bonds is 6. The van der Waals surface area contributed by atoms with E-state index >= 15 is 0 Å². The first kappa shape index (κ1) is 21.0. The topological polar surface area (TPSA) is 92.4 Å². The third kappa shape index (κ3) is 6.75. The van der Waals surface area contributed by atoms with E-state index in [1.165, 1.54) is 11.8 Å². The Morgan fingerprint density at radius 2 is 1.57 bits per heavy atom. The molecule has 0 aromatic heterocycles. The minimum Gasteiger partial charge on any atom is -0.480 e. The number of benzene rings is 2. The smallest absolute Gasteiger partial charge is 0.326 e. The predicted octanol–water partition coefficient (Wildman–Crippen LogP) is 2.61. The molecule has 2 aromatic rings. The normalized spacial score (nSPS) is 10.6. The molecule has 0 aliphatic heterocycles. The van der Waals surface area contributed by atoms with E-state index in [-0.39, 0.29) is 0 Å². The molecule has 2 rings (SSSR count). The summed E-state index contributed by atoms with van der Waals surface area (Å²) < 4.78 is 0. The number of carbonyl (C=O) groups excluding carboxylic acids is 1. The number of nitrogens with one attached hydrogen (secondary N) is 1. The van der Waals surface area contributed by atoms with Crippen LogP contribution in [0.15, 0.2) is 48.5 Å². The maximum absolute atomic E-state index is 12.2. The van der Waals surface area contributed by atoms with Crippen molar-refractivity contribution in [3.63, 3.8) is 0 Å². The van der Waals surface area contributed by atoms with E-state index in [0.717, 1.165) is 5.56 Å². The zero-order valence-electron chi connectivity index (χ0n) is 15.4. The maximum atomic E-state index is 12.2. The molecule has 1 amide bonds. The molecule has 0 radical (unpaired) electrons. The summed E-state index contributed by atoms with van der Waals surface area (Å²) in [7, 11) is 0. The first-order valence-electron chi connectivity index (χ1n) is 8.50. The average Bonchev–Trinajstić information content (AvgIpc) is 2.70. The van der Waals surface area contributed by atoms with Crippen LogP contribution in [0.3, 0.4) is 0 Å². The lowest BCUT2D eigenvalue weighted by molar-refractivity contribution is -0.139. The molecule has 0 saturated carbocycles. The van der Waals surface area contributed by atoms with Crippen molar-refractivity contribution < 1.29 is 14.7 Å². The third-order valence-corrected chi connectivity index (χ3v) is 4.39. The first-order chi connectivity index (χ1) is 13.5. The molecule has 0 aliphatic carbocycles. The Labute approximate surface area is 168 Å². The van der Waals surface area contributed by atoms with E-state index < -0.39 is 17.9 Å². The summed E-state index contributed by atoms with van der Waals surface area (Å²) >= 11 is 1.53. The lowest BCUT2D eigenvalue weighted by atomic mass is 10.1. The number of carboxylic acids is 1. The van der Waals surface area contributed by atoms with Gasteiger partial charge >= 0.3 is 5.97 Å². The van der Waals surface area contributed by atoms with E-state index in [1.54, 1.807) is 36.4 Å². The van der Waals surface area contributed by atoms with Gasteiger partial charge in [-0.05, 0) is 78.8 Å². The van der Waals surface area contributed by atoms with Crippen LogP contribution < -0.4 is 11.1 Å². The van der Waals surface area contributed by atoms with Gasteiger partial charge in [0.25, 0.3) is 5.91 Å². The highest BCUT2D eigenvalue weighted by molar-refractivity contribution is 7.98. The van der Waals surface area contributed by atoms with Crippen molar-refractivity contribution in [1.29, 1.82) is 0 Å². The van der Waals surface area contributed by atoms with Gasteiger partial charge in [-0.15, -0.1) is 0 Å². The van der Waals surface area contributed by atoms with Gasteiger partial charge in [-0.1, -0.05) is 11.8 Å². The van der Waals surface area contributed by atoms with Crippen molar-refractivity contribution in [2.75, 3.05) is 17.7 Å². The molecule has 4 N–H and O–H groups in total. The molecule has 0 bridgehead atoms. The highest BCUT2D eigenvalue weighted by Crippen LogP contribution is 2.06. The van der Waals surface area contributed by atoms with Gasteiger partial charge in [0.2, 0.25) is 0 Å². The molecule has 5 nitrogen and oxygen atoms in total. The van der Waals surface area contributed by atoms with E-state index in [0.29, 0.717) is 29.0 Å². The number of nitrogens with two attached hydrogens (primary N) is 1. The summed E-state index contributed by atoms with van der Waals surface area (Å²) in [5.74, 6) is 10.5. The standard InChI is InChI=1S/C22H20N2O3S/c1-28-15-14-20(22(26)27)24-21(25)18-10-6-16(7-11-18)4-2-3-5-17-8-12-19(23)13-9-17/h6-13,20H,14-15,23H2,1H3,(H,24,25)(H,26,27)/t20-/m0/s1. The van der Waals surface area contributed by atoms with Crippen LogP contribution in [0.5, 0.6) is 0 Å². The summed E-state index contributed by atoms with van der Waals surface area (Å²) in [5.41, 5.74) is 8.22. The van der Waals surface area contributed by atoms with Crippen LogP contribution >= 0.6 is 11.8 Å². The van der Waals surface area contributed by atoms with Crippen LogP contribution in [0.2, 0.25) is 0 Å². The monoisotopic (exact) mass is 392 g/mol. The summed E-state index contributed by atoms with van der Waals surface area (Å²) in [6.45, 7) is 0. The minimum absolute atomic E-state index is 0.373. The molecule has 142 valence electrons. The Hall–Kier alpha value is -3.35. The number of aliphatic carboxylic acids is 1. The van der Waals surface area contributed by atoms with Gasteiger partial charge < -0.3 is 16.2 Å². The molecule has 0 fully saturated rings. The van der Waals surface area contributed by atoms with Crippen molar-refractivity contribution in [3.8, 4) is 23.7 Å². The molecule has 2 aromatic carbocycles. The van der Waals surface area contributed by atoms with Crippen LogP contribution in [0.25, 0.3) is 0 Å². The highest BCUT2D eigenvalue weighted by Gasteiger charge is 2.19. The summed E-state index contributed by atoms with van der Waals surface area (Å²) in [5, 5.41) is 11.7. The van der Waals surface area contributed by atoms with Gasteiger partial charge in [0.1, 0.15) is 6.04 Å². The number of amides is 1. The van der Waals surface area contributed by atoms with Gasteiger partial charge in [0, 0.05) is 22.4 Å². The van der Waals surface area contributed by atoms with Gasteiger partial charge in [-0.2, -0.15) is 11.8 Å². The second-order valence-corrected chi connectivity index (χ2v) is 6.83. The van der Waals surface area contributed by atoms with Gasteiger partial charge in [-0.3, -0.25) is 4.79 Å². The first-order valence-corrected chi connectivity index (χ1v) is 9.89. The fraction of sp³-hybridized carbons (Fsp3) is 0.182. The van der Waals surface area contributed by atoms with Crippen LogP contribution in [0.1, 0.15) is 27.9 Å². The van der Waals surface area contributed by atoms with Crippen molar-refractivity contribution >= 4 is 29.3 Å². The Morgan fingerprint density at radius 3 is 2.07 bits per heavy atom. The zero-order chi connectivity index (χ0) is 20.4. The average molecular weight is 392 g/mol. The molecule has 0 spiro atoms. The lowest BCUT2D eigenvalue weighted by Crippen LogP contribution is -2.41. The van der Waals surface area contributed by atoms with E-state index in [2.05, 4.69) is 29.0 Å². The largest absolute Gasteiger partial charge is 0.480 e. The molecular weight excluding hydrogens is 372 g/mol. The second kappa shape index (κ2) is 10.7. The quantitative estimate of drug-likeness (QED) is 0.519. The minimum atomic E-state index is -1.04. The fourth-order valence-electron chi connectivity index (χ4n) is 2.21. The number of carbonyl (C=O) groups is 2. The Kier molecular flexibility index (Phi) is 8.02. The fourth-order valence-corrected chi connectivity index (χ4v) is 2.68. The van der Waals surface area contributed by atoms with Crippen molar-refractivity contribution in [2.45, 2.75) is 12.5 Å². The number of carboxylic acid groups (broad SMARTS) is 1. The summed E-state index contributed by atoms with van der Waals surface area (Å²) in [6, 6.07) is 12.9. The molecule has 28 heavy (non-hydrogen) atoms. The van der Waals surface area contributed by atoms with E-state index in [1.807, 2.05) is 18.4 Å². The number of nitrogen functional groups attached to an aromatic ring is 1. The Bertz CT molecular complexity index is 946. The second-order valence-electron chi connectivity index (χ2n) is 5.85. The lowest BCUT2D eigenvalue weighted by Gasteiger charge is -2.13. The molecule has 1 atom stereocenters. The Balaban J connectivity index is 1.99. The SMILES string of the molecule is CSCC[C@H](NC(=O)c1ccc(C#CC#Cc2ccc(N)cc2)cc1)C(=O)O. The molecule has 0 unspecified atom stereocenters. The van der Waals surface area contributed by atoms with E-state index in [4.69, 9.17) is 5.73 Å². The summed E-state index contributed by atoms with van der Waals surface area (Å²) in [4.78, 5) is 23.5. The number of hydrogen-bond acceptors (Lipinski definition) is 4. The molecule has 6 heteroatoms.